The van der Waals surface area contributed by atoms with E-state index in [4.69, 9.17) is 28.3 Å². The van der Waals surface area contributed by atoms with E-state index >= 15 is 0 Å². The molecule has 7 heteroatoms. The first-order valence-corrected chi connectivity index (χ1v) is 13.6. The van der Waals surface area contributed by atoms with Crippen molar-refractivity contribution >= 4 is 40.8 Å². The lowest BCUT2D eigenvalue weighted by Crippen LogP contribution is -2.28. The van der Waals surface area contributed by atoms with E-state index in [1.165, 1.54) is 12.1 Å². The normalized spacial score (nSPS) is 15.4. The van der Waals surface area contributed by atoms with Gasteiger partial charge in [0.2, 0.25) is 0 Å². The van der Waals surface area contributed by atoms with Crippen LogP contribution in [0.5, 0.6) is 0 Å². The van der Waals surface area contributed by atoms with Crippen molar-refractivity contribution in [3.63, 3.8) is 0 Å². The number of benzene rings is 3. The molecule has 1 aromatic heterocycles. The van der Waals surface area contributed by atoms with Gasteiger partial charge in [0.1, 0.15) is 5.82 Å². The number of fused-ring (bicyclic) bond motifs is 1. The molecule has 5 rings (SSSR count). The van der Waals surface area contributed by atoms with Gasteiger partial charge < -0.3 is 5.32 Å². The molecule has 194 valence electrons. The predicted molar refractivity (Wildman–Crippen MR) is 152 cm³/mol. The van der Waals surface area contributed by atoms with Crippen LogP contribution in [0.25, 0.3) is 17.3 Å². The van der Waals surface area contributed by atoms with Crippen LogP contribution in [0.3, 0.4) is 0 Å². The van der Waals surface area contributed by atoms with E-state index in [9.17, 15) is 9.18 Å². The van der Waals surface area contributed by atoms with Crippen LogP contribution in [-0.4, -0.2) is 15.7 Å². The number of carbonyl (C=O) groups excluding carboxylic acids is 1. The third kappa shape index (κ3) is 5.69. The zero-order chi connectivity index (χ0) is 26.6. The maximum Gasteiger partial charge on any atom is 0.272 e. The van der Waals surface area contributed by atoms with Crippen LogP contribution >= 0.6 is 23.2 Å². The summed E-state index contributed by atoms with van der Waals surface area (Å²) >= 11 is 12.8. The molecule has 0 radical (unpaired) electrons. The quantitative estimate of drug-likeness (QED) is 0.272. The number of allylic oxidation sites excluding steroid dienone is 1. The molecule has 0 fully saturated rings. The first-order valence-electron chi connectivity index (χ1n) is 12.8. The van der Waals surface area contributed by atoms with Crippen LogP contribution in [0.1, 0.15) is 71.5 Å². The minimum atomic E-state index is -0.282. The highest BCUT2D eigenvalue weighted by Gasteiger charge is 2.28. The molecule has 3 aromatic carbocycles. The molecule has 1 N–H and O–H groups in total. The number of carbonyl (C=O) groups is 1. The van der Waals surface area contributed by atoms with E-state index in [1.807, 2.05) is 43.3 Å². The average molecular weight is 548 g/mol. The SMILES string of the molecule is C[C@H](NC(=O)c1nn(-c2ccc(Cl)cc2Cl)c2c1CCCCC/C2=C\c1ccc(F)cc1)c1ccccc1. The zero-order valence-electron chi connectivity index (χ0n) is 21.1. The molecule has 4 aromatic rings. The topological polar surface area (TPSA) is 46.9 Å². The summed E-state index contributed by atoms with van der Waals surface area (Å²) in [6.45, 7) is 1.96. The number of hydrogen-bond acceptors (Lipinski definition) is 2. The summed E-state index contributed by atoms with van der Waals surface area (Å²) < 4.78 is 15.4. The van der Waals surface area contributed by atoms with E-state index in [0.29, 0.717) is 27.8 Å². The van der Waals surface area contributed by atoms with Crippen molar-refractivity contribution in [2.75, 3.05) is 0 Å². The summed E-state index contributed by atoms with van der Waals surface area (Å²) in [5.41, 5.74) is 5.71. The zero-order valence-corrected chi connectivity index (χ0v) is 22.6. The van der Waals surface area contributed by atoms with Crippen LogP contribution in [0.2, 0.25) is 10.0 Å². The average Bonchev–Trinajstić information content (AvgIpc) is 3.26. The van der Waals surface area contributed by atoms with E-state index in [1.54, 1.807) is 28.9 Å². The molecule has 1 amide bonds. The van der Waals surface area contributed by atoms with Crippen molar-refractivity contribution in [1.29, 1.82) is 0 Å². The van der Waals surface area contributed by atoms with Gasteiger partial charge in [0, 0.05) is 10.6 Å². The number of nitrogens with zero attached hydrogens (tertiary/aromatic N) is 2. The van der Waals surface area contributed by atoms with Crippen molar-refractivity contribution in [3.05, 3.63) is 117 Å². The fourth-order valence-electron chi connectivity index (χ4n) is 4.93. The van der Waals surface area contributed by atoms with Gasteiger partial charge in [0.05, 0.1) is 22.4 Å². The molecule has 1 aliphatic carbocycles. The Balaban J connectivity index is 1.66. The molecule has 1 heterocycles. The second-order valence-electron chi connectivity index (χ2n) is 9.57. The van der Waals surface area contributed by atoms with Crippen molar-refractivity contribution in [2.45, 2.75) is 45.1 Å². The van der Waals surface area contributed by atoms with Gasteiger partial charge >= 0.3 is 0 Å². The van der Waals surface area contributed by atoms with Crippen LogP contribution in [0.15, 0.2) is 72.8 Å². The molecular formula is C31H28Cl2FN3O. The Labute approximate surface area is 232 Å². The number of hydrogen-bond donors (Lipinski definition) is 1. The first kappa shape index (κ1) is 26.2. The van der Waals surface area contributed by atoms with Crippen LogP contribution in [-0.2, 0) is 6.42 Å². The minimum absolute atomic E-state index is 0.189. The molecule has 0 saturated heterocycles. The molecule has 0 unspecified atom stereocenters. The second-order valence-corrected chi connectivity index (χ2v) is 10.4. The highest BCUT2D eigenvalue weighted by molar-refractivity contribution is 6.35. The van der Waals surface area contributed by atoms with Crippen molar-refractivity contribution in [3.8, 4) is 5.69 Å². The largest absolute Gasteiger partial charge is 0.344 e. The molecule has 0 bridgehead atoms. The number of rotatable bonds is 5. The number of amides is 1. The molecular weight excluding hydrogens is 520 g/mol. The van der Waals surface area contributed by atoms with Gasteiger partial charge in [-0.15, -0.1) is 0 Å². The fourth-order valence-corrected chi connectivity index (χ4v) is 5.42. The Morgan fingerprint density at radius 2 is 1.74 bits per heavy atom. The Hall–Kier alpha value is -3.41. The Kier molecular flexibility index (Phi) is 7.96. The fraction of sp³-hybridized carbons (Fsp3) is 0.226. The van der Waals surface area contributed by atoms with Crippen molar-refractivity contribution in [2.24, 2.45) is 0 Å². The van der Waals surface area contributed by atoms with Gasteiger partial charge in [0.25, 0.3) is 5.91 Å². The Morgan fingerprint density at radius 1 is 1.00 bits per heavy atom. The first-order chi connectivity index (χ1) is 18.4. The van der Waals surface area contributed by atoms with Gasteiger partial charge in [-0.2, -0.15) is 5.10 Å². The highest BCUT2D eigenvalue weighted by atomic mass is 35.5. The van der Waals surface area contributed by atoms with Gasteiger partial charge in [-0.25, -0.2) is 9.07 Å². The van der Waals surface area contributed by atoms with Crippen LogP contribution in [0.4, 0.5) is 4.39 Å². The monoisotopic (exact) mass is 547 g/mol. The lowest BCUT2D eigenvalue weighted by atomic mass is 9.91. The van der Waals surface area contributed by atoms with E-state index < -0.39 is 0 Å². The number of aromatic nitrogens is 2. The van der Waals surface area contributed by atoms with E-state index in [0.717, 1.165) is 53.6 Å². The summed E-state index contributed by atoms with van der Waals surface area (Å²) in [5, 5.41) is 8.95. The second kappa shape index (κ2) is 11.5. The number of nitrogens with one attached hydrogen (secondary N) is 1. The van der Waals surface area contributed by atoms with E-state index in [2.05, 4.69) is 11.4 Å². The Morgan fingerprint density at radius 3 is 2.47 bits per heavy atom. The maximum absolute atomic E-state index is 13.7. The molecule has 0 aliphatic heterocycles. The predicted octanol–water partition coefficient (Wildman–Crippen LogP) is 8.47. The minimum Gasteiger partial charge on any atom is -0.344 e. The van der Waals surface area contributed by atoms with Crippen molar-refractivity contribution in [1.82, 2.24) is 15.1 Å². The Bertz CT molecular complexity index is 1480. The van der Waals surface area contributed by atoms with Gasteiger partial charge in [-0.05, 0) is 85.7 Å². The standard InChI is InChI=1S/C31H28Cl2FN3O/c1-20(22-8-4-2-5-9-22)35-31(38)29-26-11-7-3-6-10-23(18-21-12-15-25(34)16-13-21)30(26)37(36-29)28-17-14-24(32)19-27(28)33/h2,4-5,8-9,12-20H,3,6-7,10-11H2,1H3,(H,35,38)/b23-18+/t20-/m0/s1. The highest BCUT2D eigenvalue weighted by Crippen LogP contribution is 2.36. The maximum atomic E-state index is 13.7. The summed E-state index contributed by atoms with van der Waals surface area (Å²) in [4.78, 5) is 13.7. The summed E-state index contributed by atoms with van der Waals surface area (Å²) in [7, 11) is 0. The van der Waals surface area contributed by atoms with Crippen LogP contribution in [0, 0.1) is 5.82 Å². The smallest absolute Gasteiger partial charge is 0.272 e. The molecule has 1 atom stereocenters. The van der Waals surface area contributed by atoms with Crippen molar-refractivity contribution < 1.29 is 9.18 Å². The summed E-state index contributed by atoms with van der Waals surface area (Å²) in [6, 6.07) is 21.3. The van der Waals surface area contributed by atoms with Crippen LogP contribution < -0.4 is 5.32 Å². The number of halogens is 3. The van der Waals surface area contributed by atoms with E-state index in [-0.39, 0.29) is 17.8 Å². The molecule has 1 aliphatic rings. The van der Waals surface area contributed by atoms with Gasteiger partial charge in [-0.1, -0.05) is 72.1 Å². The molecule has 0 saturated carbocycles. The third-order valence-corrected chi connectivity index (χ3v) is 7.41. The molecule has 0 spiro atoms. The molecule has 38 heavy (non-hydrogen) atoms. The summed E-state index contributed by atoms with van der Waals surface area (Å²) in [6.07, 6.45) is 6.55. The third-order valence-electron chi connectivity index (χ3n) is 6.87. The lowest BCUT2D eigenvalue weighted by molar-refractivity contribution is 0.0933. The van der Waals surface area contributed by atoms with Gasteiger partial charge in [-0.3, -0.25) is 4.79 Å². The molecule has 4 nitrogen and oxygen atoms in total. The summed E-state index contributed by atoms with van der Waals surface area (Å²) in [5.74, 6) is -0.516. The lowest BCUT2D eigenvalue weighted by Gasteiger charge is -2.18. The van der Waals surface area contributed by atoms with Gasteiger partial charge in [0.15, 0.2) is 5.69 Å².